The van der Waals surface area contributed by atoms with Crippen LogP contribution in [0, 0.1) is 11.8 Å². The quantitative estimate of drug-likeness (QED) is 0.112. The smallest absolute Gasteiger partial charge is 0.335 e. The van der Waals surface area contributed by atoms with Gasteiger partial charge in [0.1, 0.15) is 0 Å². The fourth-order valence-electron chi connectivity index (χ4n) is 4.04. The van der Waals surface area contributed by atoms with Crippen LogP contribution < -0.4 is 0 Å². The summed E-state index contributed by atoms with van der Waals surface area (Å²) in [5.41, 5.74) is 0.351. The summed E-state index contributed by atoms with van der Waals surface area (Å²) in [4.78, 5) is 47.7. The molecular formula is C26H39NO8. The Labute approximate surface area is 207 Å². The molecule has 2 unspecified atom stereocenters. The molecule has 1 fully saturated rings. The molecule has 35 heavy (non-hydrogen) atoms. The van der Waals surface area contributed by atoms with E-state index in [9.17, 15) is 19.2 Å². The Morgan fingerprint density at radius 2 is 1.43 bits per heavy atom. The van der Waals surface area contributed by atoms with E-state index in [2.05, 4.69) is 6.58 Å². The Balaban J connectivity index is 1.49. The van der Waals surface area contributed by atoms with Crippen LogP contribution in [0.1, 0.15) is 72.1 Å². The predicted octanol–water partition coefficient (Wildman–Crippen LogP) is 3.67. The summed E-state index contributed by atoms with van der Waals surface area (Å²) >= 11 is 0. The lowest BCUT2D eigenvalue weighted by Crippen LogP contribution is -2.30. The molecule has 2 amide bonds. The predicted molar refractivity (Wildman–Crippen MR) is 128 cm³/mol. The lowest BCUT2D eigenvalue weighted by atomic mass is 9.83. The normalized spacial score (nSPS) is 21.6. The van der Waals surface area contributed by atoms with Gasteiger partial charge in [0.2, 0.25) is 0 Å². The molecular weight excluding hydrogens is 454 g/mol. The third kappa shape index (κ3) is 10.7. The number of ether oxygens (including phenoxy) is 4. The maximum Gasteiger partial charge on any atom is 0.335 e. The number of amides is 2. The van der Waals surface area contributed by atoms with E-state index >= 15 is 0 Å². The number of imide groups is 1. The van der Waals surface area contributed by atoms with Crippen LogP contribution in [-0.2, 0) is 38.1 Å². The van der Waals surface area contributed by atoms with Crippen LogP contribution in [0.5, 0.6) is 0 Å². The molecule has 0 bridgehead atoms. The molecule has 9 heteroatoms. The molecule has 0 radical (unpaired) electrons. The Hall–Kier alpha value is -2.52. The van der Waals surface area contributed by atoms with Gasteiger partial charge in [-0.25, -0.2) is 4.79 Å². The summed E-state index contributed by atoms with van der Waals surface area (Å²) in [7, 11) is 0. The zero-order valence-corrected chi connectivity index (χ0v) is 21.2. The van der Waals surface area contributed by atoms with Crippen molar-refractivity contribution in [3.63, 3.8) is 0 Å². The largest absolute Gasteiger partial charge is 0.436 e. The third-order valence-electron chi connectivity index (χ3n) is 6.18. The second-order valence-electron chi connectivity index (χ2n) is 9.34. The van der Waals surface area contributed by atoms with Crippen molar-refractivity contribution in [2.75, 3.05) is 19.8 Å². The monoisotopic (exact) mass is 493 g/mol. The summed E-state index contributed by atoms with van der Waals surface area (Å²) in [6.45, 7) is 10.1. The van der Waals surface area contributed by atoms with E-state index in [0.29, 0.717) is 50.0 Å². The third-order valence-corrected chi connectivity index (χ3v) is 6.18. The minimum Gasteiger partial charge on any atom is -0.436 e. The zero-order valence-electron chi connectivity index (χ0n) is 21.2. The second kappa shape index (κ2) is 14.8. The highest BCUT2D eigenvalue weighted by Gasteiger charge is 2.24. The summed E-state index contributed by atoms with van der Waals surface area (Å²) in [5, 5.41) is 0. The Morgan fingerprint density at radius 1 is 0.914 bits per heavy atom. The molecule has 0 aromatic carbocycles. The molecule has 196 valence electrons. The van der Waals surface area contributed by atoms with Gasteiger partial charge in [-0.1, -0.05) is 13.0 Å². The van der Waals surface area contributed by atoms with Crippen molar-refractivity contribution in [1.82, 2.24) is 4.90 Å². The van der Waals surface area contributed by atoms with Crippen molar-refractivity contribution in [2.45, 2.75) is 84.7 Å². The van der Waals surface area contributed by atoms with Crippen molar-refractivity contribution in [1.29, 1.82) is 0 Å². The highest BCUT2D eigenvalue weighted by Crippen LogP contribution is 2.29. The zero-order chi connectivity index (χ0) is 25.8. The molecule has 1 heterocycles. The first-order chi connectivity index (χ1) is 16.7. The number of rotatable bonds is 15. The maximum atomic E-state index is 12.0. The minimum atomic E-state index is -0.599. The van der Waals surface area contributed by atoms with Gasteiger partial charge in [0.15, 0.2) is 12.6 Å². The van der Waals surface area contributed by atoms with E-state index in [1.807, 2.05) is 0 Å². The number of nitrogens with zero attached hydrogens (tertiary/aromatic N) is 1. The van der Waals surface area contributed by atoms with Crippen LogP contribution in [-0.4, -0.2) is 61.0 Å². The summed E-state index contributed by atoms with van der Waals surface area (Å²) in [6, 6.07) is 0. The van der Waals surface area contributed by atoms with Gasteiger partial charge < -0.3 is 18.9 Å². The van der Waals surface area contributed by atoms with Gasteiger partial charge in [-0.3, -0.25) is 19.3 Å². The molecule has 1 aliphatic carbocycles. The van der Waals surface area contributed by atoms with Gasteiger partial charge in [-0.15, -0.1) is 0 Å². The van der Waals surface area contributed by atoms with Crippen LogP contribution in [0.15, 0.2) is 24.3 Å². The fraction of sp³-hybridized carbons (Fsp3) is 0.692. The van der Waals surface area contributed by atoms with Crippen molar-refractivity contribution in [2.24, 2.45) is 11.8 Å². The van der Waals surface area contributed by atoms with Gasteiger partial charge in [0.05, 0.1) is 13.2 Å². The fourth-order valence-corrected chi connectivity index (χ4v) is 4.04. The van der Waals surface area contributed by atoms with Gasteiger partial charge in [-0.2, -0.15) is 0 Å². The Bertz CT molecular complexity index is 766. The van der Waals surface area contributed by atoms with Gasteiger partial charge in [0, 0.05) is 30.7 Å². The number of esters is 2. The van der Waals surface area contributed by atoms with E-state index in [-0.39, 0.29) is 24.2 Å². The molecule has 0 spiro atoms. The van der Waals surface area contributed by atoms with Crippen LogP contribution in [0.4, 0.5) is 0 Å². The van der Waals surface area contributed by atoms with Gasteiger partial charge in [0.25, 0.3) is 11.8 Å². The molecule has 0 saturated heterocycles. The topological polar surface area (TPSA) is 108 Å². The summed E-state index contributed by atoms with van der Waals surface area (Å²) in [6.07, 6.45) is 7.67. The molecule has 9 nitrogen and oxygen atoms in total. The van der Waals surface area contributed by atoms with Crippen LogP contribution in [0.2, 0.25) is 0 Å². The minimum absolute atomic E-state index is 0.277. The van der Waals surface area contributed by atoms with Crippen LogP contribution in [0.25, 0.3) is 0 Å². The van der Waals surface area contributed by atoms with Crippen LogP contribution in [0.3, 0.4) is 0 Å². The average molecular weight is 494 g/mol. The molecule has 2 atom stereocenters. The lowest BCUT2D eigenvalue weighted by molar-refractivity contribution is -0.179. The number of hydrogen-bond donors (Lipinski definition) is 0. The standard InChI is InChI=1S/C26H39NO8/c1-18(2)26(31)35-20(4)33-17-22-11-9-21(10-12-22)16-32-19(3)34-25(30)8-6-5-7-15-27-23(28)13-14-24(27)29/h13-14,19-22H,1,5-12,15-17H2,2-4H3. The summed E-state index contributed by atoms with van der Waals surface area (Å²) < 4.78 is 21.9. The Morgan fingerprint density at radius 3 is 1.94 bits per heavy atom. The summed E-state index contributed by atoms with van der Waals surface area (Å²) in [5.74, 6) is -0.479. The molecule has 0 N–H and O–H groups in total. The first-order valence-electron chi connectivity index (χ1n) is 12.5. The van der Waals surface area contributed by atoms with Crippen molar-refractivity contribution >= 4 is 23.8 Å². The van der Waals surface area contributed by atoms with E-state index in [1.54, 1.807) is 20.8 Å². The van der Waals surface area contributed by atoms with E-state index < -0.39 is 18.5 Å². The van der Waals surface area contributed by atoms with E-state index in [4.69, 9.17) is 18.9 Å². The molecule has 0 aromatic heterocycles. The van der Waals surface area contributed by atoms with Crippen molar-refractivity contribution in [3.8, 4) is 0 Å². The molecule has 1 aliphatic heterocycles. The van der Waals surface area contributed by atoms with Crippen molar-refractivity contribution < 1.29 is 38.1 Å². The molecule has 2 rings (SSSR count). The van der Waals surface area contributed by atoms with E-state index in [1.165, 1.54) is 17.1 Å². The lowest BCUT2D eigenvalue weighted by Gasteiger charge is -2.29. The first-order valence-corrected chi connectivity index (χ1v) is 12.5. The van der Waals surface area contributed by atoms with E-state index in [0.717, 1.165) is 32.1 Å². The first kappa shape index (κ1) is 28.7. The van der Waals surface area contributed by atoms with Crippen molar-refractivity contribution in [3.05, 3.63) is 24.3 Å². The SMILES string of the molecule is C=C(C)C(=O)OC(C)OCC1CCC(COC(C)OC(=O)CCCCCN2C(=O)C=CC2=O)CC1. The van der Waals surface area contributed by atoms with Gasteiger partial charge in [-0.05, 0) is 71.1 Å². The highest BCUT2D eigenvalue weighted by molar-refractivity contribution is 6.12. The highest BCUT2D eigenvalue weighted by atomic mass is 16.7. The number of carbonyl (C=O) groups is 4. The number of carbonyl (C=O) groups excluding carboxylic acids is 4. The van der Waals surface area contributed by atoms with Crippen LogP contribution >= 0.6 is 0 Å². The number of hydrogen-bond acceptors (Lipinski definition) is 8. The average Bonchev–Trinajstić information content (AvgIpc) is 3.13. The van der Waals surface area contributed by atoms with Gasteiger partial charge >= 0.3 is 11.9 Å². The molecule has 0 aromatic rings. The second-order valence-corrected chi connectivity index (χ2v) is 9.34. The molecule has 1 saturated carbocycles. The maximum absolute atomic E-state index is 12.0. The Kier molecular flexibility index (Phi) is 12.1. The number of unbranched alkanes of at least 4 members (excludes halogenated alkanes) is 2. The molecule has 2 aliphatic rings.